The lowest BCUT2D eigenvalue weighted by Crippen LogP contribution is -2.33. The Morgan fingerprint density at radius 1 is 0.967 bits per heavy atom. The molecule has 2 aromatic rings. The monoisotopic (exact) mass is 525 g/mol. The molecule has 1 N–H and O–H groups in total. The summed E-state index contributed by atoms with van der Waals surface area (Å²) in [6, 6.07) is 11.7. The van der Waals surface area contributed by atoms with Crippen LogP contribution in [0, 0.1) is 5.92 Å². The number of phenols is 1. The third-order valence-corrected chi connectivity index (χ3v) is 6.43. The van der Waals surface area contributed by atoms with Crippen LogP contribution in [0.3, 0.4) is 0 Å². The van der Waals surface area contributed by atoms with Gasteiger partial charge in [-0.2, -0.15) is 0 Å². The van der Waals surface area contributed by atoms with E-state index in [1.54, 1.807) is 20.3 Å². The van der Waals surface area contributed by atoms with Gasteiger partial charge in [0.1, 0.15) is 11.5 Å². The molecule has 0 amide bonds. The lowest BCUT2D eigenvalue weighted by atomic mass is 9.83. The van der Waals surface area contributed by atoms with Gasteiger partial charge in [-0.3, -0.25) is 0 Å². The van der Waals surface area contributed by atoms with Crippen molar-refractivity contribution in [3.63, 3.8) is 0 Å². The largest absolute Gasteiger partial charge is 0.508 e. The molecule has 5 nitrogen and oxygen atoms in total. The van der Waals surface area contributed by atoms with Gasteiger partial charge in [0.2, 0.25) is 0 Å². The fraction of sp³-hybridized carbons (Fsp3) is 0.500. The number of nitrogens with zero attached hydrogens (tertiary/aromatic N) is 1. The molecule has 0 saturated carbocycles. The van der Waals surface area contributed by atoms with Gasteiger partial charge in [0.25, 0.3) is 0 Å². The van der Waals surface area contributed by atoms with Crippen LogP contribution < -0.4 is 19.1 Å². The molecule has 0 aromatic heterocycles. The number of halogens is 1. The molecule has 0 bridgehead atoms. The summed E-state index contributed by atoms with van der Waals surface area (Å²) >= 11 is 0. The van der Waals surface area contributed by atoms with Crippen molar-refractivity contribution < 1.29 is 19.3 Å². The molecule has 0 aliphatic carbocycles. The standard InChI is InChI=1S/C24H31NO4.HI/c1-27-23-7-5-19(15-24(23)28-2)25-12-9-17(10-13-25)3-4-18-11-14-29-22-8-6-20(26)16-21(18)22;/h5-8,15-18,26H,3-4,9-14H2,1-2H3;1H. The molecule has 4 rings (SSSR count). The summed E-state index contributed by atoms with van der Waals surface area (Å²) in [7, 11) is 3.35. The van der Waals surface area contributed by atoms with Crippen LogP contribution in [0.1, 0.15) is 43.6 Å². The van der Waals surface area contributed by atoms with Crippen molar-refractivity contribution in [3.05, 3.63) is 42.0 Å². The van der Waals surface area contributed by atoms with Crippen LogP contribution in [0.5, 0.6) is 23.0 Å². The predicted octanol–water partition coefficient (Wildman–Crippen LogP) is 5.59. The Labute approximate surface area is 196 Å². The molecular formula is C24H32INO4. The number of aromatic hydroxyl groups is 1. The van der Waals surface area contributed by atoms with Gasteiger partial charge >= 0.3 is 0 Å². The maximum absolute atomic E-state index is 9.85. The Morgan fingerprint density at radius 2 is 1.73 bits per heavy atom. The first kappa shape index (κ1) is 22.8. The fourth-order valence-electron chi connectivity index (χ4n) is 4.69. The number of anilines is 1. The number of hydrogen-bond acceptors (Lipinski definition) is 5. The summed E-state index contributed by atoms with van der Waals surface area (Å²) in [5.74, 6) is 4.09. The summed E-state index contributed by atoms with van der Waals surface area (Å²) in [6.45, 7) is 2.93. The van der Waals surface area contributed by atoms with Crippen LogP contribution in [0.2, 0.25) is 0 Å². The highest BCUT2D eigenvalue weighted by Gasteiger charge is 2.25. The normalized spacial score (nSPS) is 18.7. The lowest BCUT2D eigenvalue weighted by Gasteiger charge is -2.35. The molecule has 1 fully saturated rings. The highest BCUT2D eigenvalue weighted by molar-refractivity contribution is 14.0. The number of ether oxygens (including phenoxy) is 3. The zero-order valence-corrected chi connectivity index (χ0v) is 20.1. The van der Waals surface area contributed by atoms with Gasteiger partial charge < -0.3 is 24.2 Å². The zero-order chi connectivity index (χ0) is 20.2. The van der Waals surface area contributed by atoms with E-state index in [4.69, 9.17) is 14.2 Å². The molecule has 1 unspecified atom stereocenters. The predicted molar refractivity (Wildman–Crippen MR) is 130 cm³/mol. The smallest absolute Gasteiger partial charge is 0.162 e. The number of piperidine rings is 1. The minimum absolute atomic E-state index is 0. The van der Waals surface area contributed by atoms with Crippen molar-refractivity contribution in [3.8, 4) is 23.0 Å². The van der Waals surface area contributed by atoms with Crippen molar-refractivity contribution in [2.24, 2.45) is 5.92 Å². The van der Waals surface area contributed by atoms with Gasteiger partial charge in [-0.15, -0.1) is 24.0 Å². The van der Waals surface area contributed by atoms with Gasteiger partial charge in [-0.1, -0.05) is 0 Å². The molecule has 164 valence electrons. The van der Waals surface area contributed by atoms with Crippen LogP contribution in [0.25, 0.3) is 0 Å². The second-order valence-corrected chi connectivity index (χ2v) is 8.10. The van der Waals surface area contributed by atoms with E-state index in [0.717, 1.165) is 49.3 Å². The number of benzene rings is 2. The summed E-state index contributed by atoms with van der Waals surface area (Å²) in [4.78, 5) is 2.44. The van der Waals surface area contributed by atoms with Crippen molar-refractivity contribution in [1.29, 1.82) is 0 Å². The van der Waals surface area contributed by atoms with Crippen molar-refractivity contribution in [2.75, 3.05) is 38.8 Å². The highest BCUT2D eigenvalue weighted by atomic mass is 127. The first-order valence-electron chi connectivity index (χ1n) is 10.6. The quantitative estimate of drug-likeness (QED) is 0.499. The third kappa shape index (κ3) is 5.07. The van der Waals surface area contributed by atoms with E-state index in [1.165, 1.54) is 36.9 Å². The molecule has 0 spiro atoms. The van der Waals surface area contributed by atoms with E-state index in [2.05, 4.69) is 17.0 Å². The minimum Gasteiger partial charge on any atom is -0.508 e. The minimum atomic E-state index is 0. The highest BCUT2D eigenvalue weighted by Crippen LogP contribution is 2.40. The van der Waals surface area contributed by atoms with E-state index < -0.39 is 0 Å². The molecule has 2 heterocycles. The van der Waals surface area contributed by atoms with Crippen molar-refractivity contribution >= 4 is 29.7 Å². The van der Waals surface area contributed by atoms with E-state index in [9.17, 15) is 5.11 Å². The second kappa shape index (κ2) is 10.5. The average molecular weight is 525 g/mol. The fourth-order valence-corrected chi connectivity index (χ4v) is 4.69. The number of hydrogen-bond donors (Lipinski definition) is 1. The molecular weight excluding hydrogens is 493 g/mol. The van der Waals surface area contributed by atoms with Crippen LogP contribution >= 0.6 is 24.0 Å². The summed E-state index contributed by atoms with van der Waals surface area (Å²) < 4.78 is 16.6. The molecule has 2 aromatic carbocycles. The van der Waals surface area contributed by atoms with Crippen LogP contribution in [0.4, 0.5) is 5.69 Å². The number of phenolic OH excluding ortho intramolecular Hbond substituents is 1. The van der Waals surface area contributed by atoms with Crippen molar-refractivity contribution in [1.82, 2.24) is 0 Å². The van der Waals surface area contributed by atoms with Crippen LogP contribution in [0.15, 0.2) is 36.4 Å². The first-order valence-corrected chi connectivity index (χ1v) is 10.6. The molecule has 1 atom stereocenters. The first-order chi connectivity index (χ1) is 14.2. The summed E-state index contributed by atoms with van der Waals surface area (Å²) in [5, 5.41) is 9.85. The molecule has 1 saturated heterocycles. The molecule has 30 heavy (non-hydrogen) atoms. The molecule has 2 aliphatic rings. The van der Waals surface area contributed by atoms with Gasteiger partial charge in [-0.25, -0.2) is 0 Å². The third-order valence-electron chi connectivity index (χ3n) is 6.43. The Balaban J connectivity index is 0.00000256. The van der Waals surface area contributed by atoms with Crippen LogP contribution in [-0.4, -0.2) is 39.0 Å². The van der Waals surface area contributed by atoms with Gasteiger partial charge in [0.15, 0.2) is 11.5 Å². The van der Waals surface area contributed by atoms with Crippen molar-refractivity contribution in [2.45, 2.75) is 38.0 Å². The maximum atomic E-state index is 9.85. The maximum Gasteiger partial charge on any atom is 0.162 e. The lowest BCUT2D eigenvalue weighted by molar-refractivity contribution is 0.253. The number of fused-ring (bicyclic) bond motifs is 1. The summed E-state index contributed by atoms with van der Waals surface area (Å²) in [6.07, 6.45) is 5.87. The van der Waals surface area contributed by atoms with Gasteiger partial charge in [-0.05, 0) is 74.3 Å². The van der Waals surface area contributed by atoms with E-state index in [0.29, 0.717) is 11.7 Å². The van der Waals surface area contributed by atoms with Gasteiger partial charge in [0.05, 0.1) is 20.8 Å². The van der Waals surface area contributed by atoms with E-state index in [-0.39, 0.29) is 24.0 Å². The molecule has 0 radical (unpaired) electrons. The van der Waals surface area contributed by atoms with Gasteiger partial charge in [0, 0.05) is 30.4 Å². The molecule has 2 aliphatic heterocycles. The Hall–Kier alpha value is -1.83. The Bertz CT molecular complexity index is 836. The summed E-state index contributed by atoms with van der Waals surface area (Å²) in [5.41, 5.74) is 2.38. The Kier molecular flexibility index (Phi) is 7.97. The van der Waals surface area contributed by atoms with Crippen LogP contribution in [-0.2, 0) is 0 Å². The zero-order valence-electron chi connectivity index (χ0n) is 17.8. The Morgan fingerprint density at radius 3 is 2.47 bits per heavy atom. The second-order valence-electron chi connectivity index (χ2n) is 8.10. The number of methoxy groups -OCH3 is 2. The number of rotatable bonds is 6. The SMILES string of the molecule is COc1ccc(N2CCC(CCC3CCOc4ccc(O)cc43)CC2)cc1OC.I. The van der Waals surface area contributed by atoms with E-state index >= 15 is 0 Å². The average Bonchev–Trinajstić information content (AvgIpc) is 2.77. The molecule has 6 heteroatoms. The topological polar surface area (TPSA) is 51.2 Å². The van der Waals surface area contributed by atoms with E-state index in [1.807, 2.05) is 18.2 Å².